The number of hydrogen-bond acceptors (Lipinski definition) is 6. The molecule has 6 heteroatoms. The number of fused-ring (bicyclic) bond motifs is 4. The van der Waals surface area contributed by atoms with Gasteiger partial charge >= 0.3 is 0 Å². The third-order valence-corrected chi connectivity index (χ3v) is 4.81. The number of Topliss-reactive ketones (excluding diaryl/α,β-unsaturated/α-hetero) is 1. The molecule has 1 aliphatic carbocycles. The van der Waals surface area contributed by atoms with Gasteiger partial charge in [0.15, 0.2) is 17.3 Å². The molecule has 0 aromatic heterocycles. The van der Waals surface area contributed by atoms with E-state index in [0.29, 0.717) is 17.9 Å². The maximum Gasteiger partial charge on any atom is 0.231 e. The lowest BCUT2D eigenvalue weighted by atomic mass is 9.60. The van der Waals surface area contributed by atoms with Gasteiger partial charge in [-0.05, 0) is 29.7 Å². The lowest BCUT2D eigenvalue weighted by molar-refractivity contribution is 0.0723. The van der Waals surface area contributed by atoms with Crippen molar-refractivity contribution in [1.29, 1.82) is 0 Å². The largest absolute Gasteiger partial charge is 0.508 e. The predicted octanol–water partition coefficient (Wildman–Crippen LogP) is 1.90. The molecule has 23 heavy (non-hydrogen) atoms. The van der Waals surface area contributed by atoms with Gasteiger partial charge in [0.05, 0.1) is 5.41 Å². The minimum Gasteiger partial charge on any atom is -0.508 e. The Morgan fingerprint density at radius 1 is 0.957 bits per heavy atom. The highest BCUT2D eigenvalue weighted by molar-refractivity contribution is 6.11. The highest BCUT2D eigenvalue weighted by Gasteiger charge is 2.54. The summed E-state index contributed by atoms with van der Waals surface area (Å²) in [5.74, 6) is 0.933. The minimum atomic E-state index is -0.808. The van der Waals surface area contributed by atoms with E-state index < -0.39 is 5.41 Å². The summed E-state index contributed by atoms with van der Waals surface area (Å²) in [6.45, 7) is 0.354. The van der Waals surface area contributed by atoms with Crippen LogP contribution in [-0.2, 0) is 11.8 Å². The summed E-state index contributed by atoms with van der Waals surface area (Å²) >= 11 is 0. The standard InChI is InChI=1S/C17H12O6/c18-9-2-11(19)15-14(3-9)21-6-17(16(15)20)5-8-1-12-13(4-10(8)17)23-7-22-12/h1-4,18-19H,5-7H2/t17-/m0/s1. The van der Waals surface area contributed by atoms with Crippen LogP contribution in [0.3, 0.4) is 0 Å². The van der Waals surface area contributed by atoms with Crippen molar-refractivity contribution >= 4 is 5.78 Å². The van der Waals surface area contributed by atoms with Crippen molar-refractivity contribution in [2.24, 2.45) is 0 Å². The molecule has 1 atom stereocenters. The SMILES string of the molecule is O=C1c2c(O)cc(O)cc2OC[C@]12Cc1cc3c(cc12)OCO3. The molecule has 2 N–H and O–H groups in total. The zero-order chi connectivity index (χ0) is 15.8. The number of rotatable bonds is 0. The topological polar surface area (TPSA) is 85.2 Å². The highest BCUT2D eigenvalue weighted by Crippen LogP contribution is 2.53. The molecule has 6 nitrogen and oxygen atoms in total. The maximum atomic E-state index is 13.0. The first-order valence-corrected chi connectivity index (χ1v) is 7.25. The zero-order valence-electron chi connectivity index (χ0n) is 12.0. The maximum absolute atomic E-state index is 13.0. The Morgan fingerprint density at radius 2 is 1.74 bits per heavy atom. The Kier molecular flexibility index (Phi) is 2.14. The molecule has 2 aromatic rings. The van der Waals surface area contributed by atoms with Crippen LogP contribution < -0.4 is 14.2 Å². The Bertz CT molecular complexity index is 887. The Morgan fingerprint density at radius 3 is 2.57 bits per heavy atom. The van der Waals surface area contributed by atoms with Crippen LogP contribution in [0.4, 0.5) is 0 Å². The molecule has 116 valence electrons. The molecule has 0 amide bonds. The normalized spacial score (nSPS) is 23.0. The zero-order valence-corrected chi connectivity index (χ0v) is 12.0. The van der Waals surface area contributed by atoms with Gasteiger partial charge in [-0.15, -0.1) is 0 Å². The van der Waals surface area contributed by atoms with Gasteiger partial charge in [0, 0.05) is 12.1 Å². The van der Waals surface area contributed by atoms with Gasteiger partial charge in [0.25, 0.3) is 0 Å². The van der Waals surface area contributed by atoms with Crippen LogP contribution in [0.25, 0.3) is 0 Å². The number of benzene rings is 2. The molecule has 2 aliphatic heterocycles. The number of phenols is 2. The van der Waals surface area contributed by atoms with Gasteiger partial charge in [-0.25, -0.2) is 0 Å². The third kappa shape index (κ3) is 1.45. The first-order valence-electron chi connectivity index (χ1n) is 7.25. The quantitative estimate of drug-likeness (QED) is 0.773. The number of aromatic hydroxyl groups is 2. The van der Waals surface area contributed by atoms with E-state index in [0.717, 1.165) is 17.2 Å². The van der Waals surface area contributed by atoms with Crippen LogP contribution in [0.5, 0.6) is 28.7 Å². The second kappa shape index (κ2) is 3.90. The van der Waals surface area contributed by atoms with E-state index in [1.165, 1.54) is 6.07 Å². The molecule has 0 unspecified atom stereocenters. The smallest absolute Gasteiger partial charge is 0.231 e. The fourth-order valence-electron chi connectivity index (χ4n) is 3.66. The molecule has 0 saturated heterocycles. The summed E-state index contributed by atoms with van der Waals surface area (Å²) in [5.41, 5.74) is 1.19. The number of ether oxygens (including phenoxy) is 3. The molecule has 0 saturated carbocycles. The Hall–Kier alpha value is -2.89. The van der Waals surface area contributed by atoms with E-state index in [1.54, 1.807) is 0 Å². The van der Waals surface area contributed by atoms with Gasteiger partial charge < -0.3 is 24.4 Å². The molecule has 0 radical (unpaired) electrons. The molecule has 0 fully saturated rings. The Balaban J connectivity index is 1.65. The lowest BCUT2D eigenvalue weighted by Crippen LogP contribution is -2.52. The second-order valence-corrected chi connectivity index (χ2v) is 6.08. The first-order chi connectivity index (χ1) is 11.1. The summed E-state index contributed by atoms with van der Waals surface area (Å²) in [7, 11) is 0. The molecular weight excluding hydrogens is 300 g/mol. The molecule has 5 rings (SSSR count). The van der Waals surface area contributed by atoms with Gasteiger partial charge in [0.1, 0.15) is 29.4 Å². The van der Waals surface area contributed by atoms with Crippen LogP contribution in [0.1, 0.15) is 21.5 Å². The van der Waals surface area contributed by atoms with E-state index >= 15 is 0 Å². The summed E-state index contributed by atoms with van der Waals surface area (Å²) in [5, 5.41) is 19.6. The fourth-order valence-corrected chi connectivity index (χ4v) is 3.66. The summed E-state index contributed by atoms with van der Waals surface area (Å²) in [4.78, 5) is 13.0. The Labute approximate surface area is 130 Å². The predicted molar refractivity (Wildman–Crippen MR) is 77.5 cm³/mol. The van der Waals surface area contributed by atoms with E-state index in [2.05, 4.69) is 0 Å². The van der Waals surface area contributed by atoms with E-state index in [4.69, 9.17) is 14.2 Å². The first kappa shape index (κ1) is 12.6. The van der Waals surface area contributed by atoms with E-state index in [1.807, 2.05) is 12.1 Å². The van der Waals surface area contributed by atoms with Crippen molar-refractivity contribution in [2.75, 3.05) is 13.4 Å². The minimum absolute atomic E-state index is 0.123. The third-order valence-electron chi connectivity index (χ3n) is 4.81. The average molecular weight is 312 g/mol. The van der Waals surface area contributed by atoms with Crippen molar-refractivity contribution in [3.63, 3.8) is 0 Å². The summed E-state index contributed by atoms with van der Waals surface area (Å²) < 4.78 is 16.4. The van der Waals surface area contributed by atoms with Gasteiger partial charge in [-0.1, -0.05) is 0 Å². The van der Waals surface area contributed by atoms with Gasteiger partial charge in [0.2, 0.25) is 6.79 Å². The molecule has 2 heterocycles. The monoisotopic (exact) mass is 312 g/mol. The number of ketones is 1. The van der Waals surface area contributed by atoms with Crippen LogP contribution in [-0.4, -0.2) is 29.4 Å². The number of carbonyl (C=O) groups excluding carboxylic acids is 1. The average Bonchev–Trinajstić information content (AvgIpc) is 2.94. The lowest BCUT2D eigenvalue weighted by Gasteiger charge is -2.45. The fraction of sp³-hybridized carbons (Fsp3) is 0.235. The van der Waals surface area contributed by atoms with E-state index in [9.17, 15) is 15.0 Å². The van der Waals surface area contributed by atoms with Gasteiger partial charge in [-0.3, -0.25) is 4.79 Å². The molecular formula is C17H12O6. The second-order valence-electron chi connectivity index (χ2n) is 6.08. The number of carbonyl (C=O) groups is 1. The highest BCUT2D eigenvalue weighted by atomic mass is 16.7. The molecule has 1 spiro atoms. The molecule has 3 aliphatic rings. The van der Waals surface area contributed by atoms with Crippen molar-refractivity contribution in [3.8, 4) is 28.7 Å². The number of phenolic OH excluding ortho intramolecular Hbond substituents is 2. The molecule has 0 bridgehead atoms. The van der Waals surface area contributed by atoms with Crippen molar-refractivity contribution in [2.45, 2.75) is 11.8 Å². The van der Waals surface area contributed by atoms with Crippen LogP contribution >= 0.6 is 0 Å². The van der Waals surface area contributed by atoms with Crippen molar-refractivity contribution in [3.05, 3.63) is 41.0 Å². The van der Waals surface area contributed by atoms with Gasteiger partial charge in [-0.2, -0.15) is 0 Å². The van der Waals surface area contributed by atoms with Crippen LogP contribution in [0.15, 0.2) is 24.3 Å². The summed E-state index contributed by atoms with van der Waals surface area (Å²) in [6.07, 6.45) is 0.525. The van der Waals surface area contributed by atoms with Crippen molar-refractivity contribution < 1.29 is 29.2 Å². The van der Waals surface area contributed by atoms with Crippen molar-refractivity contribution in [1.82, 2.24) is 0 Å². The number of hydrogen-bond donors (Lipinski definition) is 2. The van der Waals surface area contributed by atoms with Crippen LogP contribution in [0, 0.1) is 0 Å². The molecule has 2 aromatic carbocycles. The summed E-state index contributed by atoms with van der Waals surface area (Å²) in [6, 6.07) is 6.21. The van der Waals surface area contributed by atoms with E-state index in [-0.39, 0.29) is 42.0 Å². The van der Waals surface area contributed by atoms with Crippen LogP contribution in [0.2, 0.25) is 0 Å².